The van der Waals surface area contributed by atoms with Crippen molar-refractivity contribution in [3.8, 4) is 5.75 Å². The molecule has 3 amide bonds. The van der Waals surface area contributed by atoms with Gasteiger partial charge in [-0.3, -0.25) is 14.5 Å². The third-order valence-electron chi connectivity index (χ3n) is 5.90. The fraction of sp³-hybridized carbons (Fsp3) is 0.400. The van der Waals surface area contributed by atoms with Gasteiger partial charge in [0.25, 0.3) is 5.91 Å². The Balaban J connectivity index is 1.44. The van der Waals surface area contributed by atoms with Crippen molar-refractivity contribution < 1.29 is 47.3 Å². The third kappa shape index (κ3) is 3.94. The van der Waals surface area contributed by atoms with Crippen LogP contribution < -0.4 is 5.32 Å². The second-order valence-electron chi connectivity index (χ2n) is 7.92. The molecule has 176 valence electrons. The lowest BCUT2D eigenvalue weighted by Gasteiger charge is -2.49. The van der Waals surface area contributed by atoms with Gasteiger partial charge in [0.05, 0.1) is 6.04 Å². The highest BCUT2D eigenvalue weighted by Crippen LogP contribution is 2.47. The maximum atomic E-state index is 12.9. The van der Waals surface area contributed by atoms with Crippen molar-refractivity contribution in [1.29, 1.82) is 0 Å². The van der Waals surface area contributed by atoms with Crippen LogP contribution in [0, 0.1) is 5.92 Å². The Hall–Kier alpha value is -3.77. The largest absolute Gasteiger partial charge is 0.508 e. The van der Waals surface area contributed by atoms with Crippen LogP contribution in [0.4, 0.5) is 18.0 Å². The molecule has 13 heteroatoms. The molecule has 3 heterocycles. The summed E-state index contributed by atoms with van der Waals surface area (Å²) >= 11 is 0. The van der Waals surface area contributed by atoms with E-state index in [1.165, 1.54) is 12.1 Å². The molecule has 0 radical (unpaired) electrons. The molecular weight excluding hydrogens is 451 g/mol. The number of aliphatic carboxylic acids is 1. The Bertz CT molecular complexity index is 1050. The number of carbonyl (C=O) groups is 4. The quantitative estimate of drug-likeness (QED) is 0.547. The maximum Gasteiger partial charge on any atom is 0.471 e. The van der Waals surface area contributed by atoms with Crippen LogP contribution in [0.2, 0.25) is 0 Å². The smallest absolute Gasteiger partial charge is 0.471 e. The average molecular weight is 469 g/mol. The van der Waals surface area contributed by atoms with Crippen LogP contribution >= 0.6 is 0 Å². The Morgan fingerprint density at radius 1 is 1.18 bits per heavy atom. The Morgan fingerprint density at radius 3 is 2.45 bits per heavy atom. The van der Waals surface area contributed by atoms with E-state index in [0.717, 1.165) is 4.90 Å². The van der Waals surface area contributed by atoms with Crippen molar-refractivity contribution in [2.24, 2.45) is 5.92 Å². The second kappa shape index (κ2) is 7.98. The van der Waals surface area contributed by atoms with E-state index in [-0.39, 0.29) is 30.8 Å². The number of amides is 3. The SMILES string of the molecule is O=C(NCc1ccc(O)cc1)OCC1=C(C(=O)O)N2C(=O)[C@@H]3[C@H]2[C@H](C1)CN3C(=O)C(F)(F)F. The highest BCUT2D eigenvalue weighted by molar-refractivity contribution is 6.03. The fourth-order valence-corrected chi connectivity index (χ4v) is 4.53. The summed E-state index contributed by atoms with van der Waals surface area (Å²) in [4.78, 5) is 49.4. The molecule has 4 rings (SSSR count). The van der Waals surface area contributed by atoms with Crippen molar-refractivity contribution in [3.05, 3.63) is 41.1 Å². The van der Waals surface area contributed by atoms with Crippen LogP contribution in [-0.4, -0.2) is 75.3 Å². The van der Waals surface area contributed by atoms with Gasteiger partial charge in [0.1, 0.15) is 24.1 Å². The van der Waals surface area contributed by atoms with Crippen LogP contribution in [0.1, 0.15) is 12.0 Å². The van der Waals surface area contributed by atoms with Gasteiger partial charge in [-0.15, -0.1) is 0 Å². The molecule has 3 aliphatic heterocycles. The first kappa shape index (κ1) is 22.4. The number of halogens is 3. The van der Waals surface area contributed by atoms with E-state index >= 15 is 0 Å². The highest BCUT2D eigenvalue weighted by atomic mass is 19.4. The van der Waals surface area contributed by atoms with Gasteiger partial charge >= 0.3 is 24.1 Å². The molecule has 10 nitrogen and oxygen atoms in total. The second-order valence-corrected chi connectivity index (χ2v) is 7.92. The number of likely N-dealkylation sites (tertiary alicyclic amines) is 1. The lowest BCUT2D eigenvalue weighted by Crippen LogP contribution is -2.70. The fourth-order valence-electron chi connectivity index (χ4n) is 4.53. The first-order chi connectivity index (χ1) is 15.5. The molecule has 0 aliphatic carbocycles. The van der Waals surface area contributed by atoms with Crippen LogP contribution in [0.15, 0.2) is 35.5 Å². The van der Waals surface area contributed by atoms with Crippen molar-refractivity contribution >= 4 is 23.9 Å². The number of hydrogen-bond acceptors (Lipinski definition) is 6. The van der Waals surface area contributed by atoms with Gasteiger partial charge in [0, 0.05) is 19.0 Å². The summed E-state index contributed by atoms with van der Waals surface area (Å²) in [5.74, 6) is -5.09. The number of nitrogens with zero attached hydrogens (tertiary/aromatic N) is 2. The standard InChI is InChI=1S/C20H18F3N3O7/c21-20(22,23)18(31)25-7-10-5-11(14(17(29)30)26-13(10)15(25)16(26)28)8-33-19(32)24-6-9-1-3-12(27)4-2-9/h1-4,10,13,15,27H,5-8H2,(H,24,32)(H,29,30)/t10-,13-,15+/m1/s1. The minimum Gasteiger partial charge on any atom is -0.508 e. The number of rotatable bonds is 5. The normalized spacial score (nSPS) is 23.7. The van der Waals surface area contributed by atoms with Crippen molar-refractivity contribution in [3.63, 3.8) is 0 Å². The summed E-state index contributed by atoms with van der Waals surface area (Å²) in [6, 6.07) is 3.79. The minimum atomic E-state index is -5.15. The van der Waals surface area contributed by atoms with E-state index in [1.54, 1.807) is 12.1 Å². The number of carbonyl (C=O) groups excluding carboxylic acids is 3. The molecule has 0 saturated carbocycles. The number of hydrogen-bond donors (Lipinski definition) is 3. The number of nitrogens with one attached hydrogen (secondary N) is 1. The zero-order valence-electron chi connectivity index (χ0n) is 16.8. The van der Waals surface area contributed by atoms with E-state index in [4.69, 9.17) is 4.74 Å². The molecule has 1 aromatic carbocycles. The lowest BCUT2D eigenvalue weighted by atomic mass is 9.79. The molecule has 3 aliphatic rings. The van der Waals surface area contributed by atoms with E-state index in [1.807, 2.05) is 0 Å². The number of phenols is 1. The summed E-state index contributed by atoms with van der Waals surface area (Å²) in [6.45, 7) is -0.789. The van der Waals surface area contributed by atoms with Gasteiger partial charge in [-0.25, -0.2) is 9.59 Å². The molecule has 0 aromatic heterocycles. The monoisotopic (exact) mass is 469 g/mol. The van der Waals surface area contributed by atoms with E-state index in [2.05, 4.69) is 5.32 Å². The number of phenolic OH excluding ortho intramolecular Hbond substituents is 1. The predicted octanol–water partition coefficient (Wildman–Crippen LogP) is 0.961. The molecular formula is C20H18F3N3O7. The summed E-state index contributed by atoms with van der Waals surface area (Å²) in [6.07, 6.45) is -6.08. The van der Waals surface area contributed by atoms with Crippen molar-refractivity contribution in [2.45, 2.75) is 31.2 Å². The molecule has 0 spiro atoms. The van der Waals surface area contributed by atoms with Crippen molar-refractivity contribution in [1.82, 2.24) is 15.1 Å². The van der Waals surface area contributed by atoms with Crippen LogP contribution in [-0.2, 0) is 25.7 Å². The Kier molecular flexibility index (Phi) is 5.42. The van der Waals surface area contributed by atoms with Gasteiger partial charge in [-0.05, 0) is 29.7 Å². The number of carboxylic acid groups (broad SMARTS) is 1. The third-order valence-corrected chi connectivity index (χ3v) is 5.90. The maximum absolute atomic E-state index is 12.9. The molecule has 3 N–H and O–H groups in total. The van der Waals surface area contributed by atoms with Crippen molar-refractivity contribution in [2.75, 3.05) is 13.2 Å². The summed E-state index contributed by atoms with van der Waals surface area (Å²) in [5, 5.41) is 21.3. The number of carboxylic acids is 1. The number of β-lactam (4-membered cyclic amide) rings is 1. The van der Waals surface area contributed by atoms with E-state index in [9.17, 15) is 42.6 Å². The van der Waals surface area contributed by atoms with Crippen LogP contribution in [0.3, 0.4) is 0 Å². The number of alkyl halides is 3. The van der Waals surface area contributed by atoms with Crippen LogP contribution in [0.25, 0.3) is 0 Å². The predicted molar refractivity (Wildman–Crippen MR) is 101 cm³/mol. The summed E-state index contributed by atoms with van der Waals surface area (Å²) < 4.78 is 43.8. The van der Waals surface area contributed by atoms with E-state index in [0.29, 0.717) is 10.5 Å². The number of ether oxygens (including phenoxy) is 1. The molecule has 33 heavy (non-hydrogen) atoms. The van der Waals surface area contributed by atoms with Gasteiger partial charge in [0.15, 0.2) is 0 Å². The highest BCUT2D eigenvalue weighted by Gasteiger charge is 2.66. The molecule has 3 atom stereocenters. The summed E-state index contributed by atoms with van der Waals surface area (Å²) in [5.41, 5.74) is 0.287. The molecule has 0 unspecified atom stereocenters. The van der Waals surface area contributed by atoms with Gasteiger partial charge in [0.2, 0.25) is 0 Å². The topological polar surface area (TPSA) is 136 Å². The minimum absolute atomic E-state index is 0.0422. The molecule has 1 aromatic rings. The first-order valence-electron chi connectivity index (χ1n) is 9.83. The van der Waals surface area contributed by atoms with Gasteiger partial charge < -0.3 is 25.2 Å². The zero-order valence-corrected chi connectivity index (χ0v) is 16.8. The van der Waals surface area contributed by atoms with Crippen LogP contribution in [0.5, 0.6) is 5.75 Å². The molecule has 0 bridgehead atoms. The Labute approximate surface area is 184 Å². The number of aromatic hydroxyl groups is 1. The van der Waals surface area contributed by atoms with E-state index < -0.39 is 60.4 Å². The number of benzene rings is 1. The van der Waals surface area contributed by atoms with Gasteiger partial charge in [-0.1, -0.05) is 12.1 Å². The first-order valence-corrected chi connectivity index (χ1v) is 9.83. The number of alkyl carbamates (subject to hydrolysis) is 1. The average Bonchev–Trinajstić information content (AvgIpc) is 3.11. The lowest BCUT2D eigenvalue weighted by molar-refractivity contribution is -0.190. The molecule has 2 fully saturated rings. The Morgan fingerprint density at radius 2 is 1.85 bits per heavy atom. The van der Waals surface area contributed by atoms with Gasteiger partial charge in [-0.2, -0.15) is 13.2 Å². The zero-order chi connectivity index (χ0) is 24.1. The summed E-state index contributed by atoms with van der Waals surface area (Å²) in [7, 11) is 0. The molecule has 2 saturated heterocycles.